The molecule has 6 nitrogen and oxygen atoms in total. The molecule has 2 aromatic carbocycles. The van der Waals surface area contributed by atoms with Gasteiger partial charge in [0.05, 0.1) is 12.3 Å². The number of amides is 1. The van der Waals surface area contributed by atoms with Crippen LogP contribution in [0.4, 0.5) is 0 Å². The smallest absolute Gasteiger partial charge is 0.271 e. The first-order valence-electron chi connectivity index (χ1n) is 7.11. The first-order chi connectivity index (χ1) is 11.0. The average Bonchev–Trinajstić information content (AvgIpc) is 2.53. The van der Waals surface area contributed by atoms with E-state index in [0.29, 0.717) is 29.2 Å². The molecule has 6 heteroatoms. The number of hydrogen-bond acceptors (Lipinski definition) is 5. The van der Waals surface area contributed by atoms with Crippen LogP contribution in [0.3, 0.4) is 0 Å². The van der Waals surface area contributed by atoms with Crippen molar-refractivity contribution >= 4 is 11.6 Å². The monoisotopic (exact) mass is 314 g/mol. The fourth-order valence-corrected chi connectivity index (χ4v) is 1.95. The molecule has 0 bridgehead atoms. The van der Waals surface area contributed by atoms with Crippen LogP contribution >= 0.6 is 0 Å². The number of benzene rings is 2. The molecule has 1 amide bonds. The molecule has 0 atom stereocenters. The number of phenols is 2. The quantitative estimate of drug-likeness (QED) is 0.584. The van der Waals surface area contributed by atoms with Gasteiger partial charge in [-0.05, 0) is 50.2 Å². The highest BCUT2D eigenvalue weighted by atomic mass is 16.5. The van der Waals surface area contributed by atoms with E-state index >= 15 is 0 Å². The van der Waals surface area contributed by atoms with Gasteiger partial charge in [-0.3, -0.25) is 4.79 Å². The minimum Gasteiger partial charge on any atom is -0.508 e. The van der Waals surface area contributed by atoms with Gasteiger partial charge in [-0.1, -0.05) is 0 Å². The zero-order valence-electron chi connectivity index (χ0n) is 12.9. The number of nitrogens with one attached hydrogen (secondary N) is 1. The lowest BCUT2D eigenvalue weighted by Gasteiger charge is -2.06. The molecule has 3 N–H and O–H groups in total. The lowest BCUT2D eigenvalue weighted by Crippen LogP contribution is -2.19. The molecule has 2 rings (SSSR count). The van der Waals surface area contributed by atoms with Gasteiger partial charge in [-0.25, -0.2) is 5.43 Å². The zero-order chi connectivity index (χ0) is 16.8. The van der Waals surface area contributed by atoms with E-state index in [1.54, 1.807) is 31.2 Å². The van der Waals surface area contributed by atoms with Crippen molar-refractivity contribution in [3.63, 3.8) is 0 Å². The molecule has 0 aliphatic heterocycles. The molecule has 0 fully saturated rings. The minimum atomic E-state index is -0.370. The third-order valence-corrected chi connectivity index (χ3v) is 3.12. The van der Waals surface area contributed by atoms with E-state index in [-0.39, 0.29) is 17.4 Å². The molecular formula is C17H18N2O4. The van der Waals surface area contributed by atoms with Crippen molar-refractivity contribution in [2.24, 2.45) is 5.10 Å². The SMILES string of the molecule is CCOc1ccc(C(=O)N/N=C(/C)c2ccc(O)cc2O)cc1. The molecule has 0 aliphatic rings. The van der Waals surface area contributed by atoms with Crippen molar-refractivity contribution in [1.29, 1.82) is 0 Å². The molecule has 0 aliphatic carbocycles. The summed E-state index contributed by atoms with van der Waals surface area (Å²) in [6, 6.07) is 10.9. The van der Waals surface area contributed by atoms with Crippen LogP contribution in [0.1, 0.15) is 29.8 Å². The van der Waals surface area contributed by atoms with Crippen molar-refractivity contribution < 1.29 is 19.7 Å². The Labute approximate surface area is 134 Å². The summed E-state index contributed by atoms with van der Waals surface area (Å²) in [6.45, 7) is 4.09. The summed E-state index contributed by atoms with van der Waals surface area (Å²) >= 11 is 0. The maximum atomic E-state index is 12.0. The molecule has 0 unspecified atom stereocenters. The maximum Gasteiger partial charge on any atom is 0.271 e. The number of aromatic hydroxyl groups is 2. The van der Waals surface area contributed by atoms with E-state index in [1.165, 1.54) is 18.2 Å². The number of hydrazone groups is 1. The number of rotatable bonds is 5. The van der Waals surface area contributed by atoms with E-state index in [1.807, 2.05) is 6.92 Å². The Hall–Kier alpha value is -3.02. The molecule has 0 heterocycles. The van der Waals surface area contributed by atoms with Gasteiger partial charge < -0.3 is 14.9 Å². The Bertz CT molecular complexity index is 724. The van der Waals surface area contributed by atoms with Gasteiger partial charge in [0.25, 0.3) is 5.91 Å². The fourth-order valence-electron chi connectivity index (χ4n) is 1.95. The summed E-state index contributed by atoms with van der Waals surface area (Å²) in [7, 11) is 0. The van der Waals surface area contributed by atoms with Gasteiger partial charge in [0.2, 0.25) is 0 Å². The largest absolute Gasteiger partial charge is 0.508 e. The number of hydrogen-bond donors (Lipinski definition) is 3. The van der Waals surface area contributed by atoms with Gasteiger partial charge in [0.15, 0.2) is 0 Å². The summed E-state index contributed by atoms with van der Waals surface area (Å²) in [6.07, 6.45) is 0. The lowest BCUT2D eigenvalue weighted by molar-refractivity contribution is 0.0954. The summed E-state index contributed by atoms with van der Waals surface area (Å²) in [5.74, 6) is 0.169. The highest BCUT2D eigenvalue weighted by Gasteiger charge is 2.08. The minimum absolute atomic E-state index is 0.0440. The summed E-state index contributed by atoms with van der Waals surface area (Å²) in [5, 5.41) is 23.0. The highest BCUT2D eigenvalue weighted by Crippen LogP contribution is 2.23. The molecule has 0 aromatic heterocycles. The molecule has 0 saturated carbocycles. The zero-order valence-corrected chi connectivity index (χ0v) is 12.9. The number of phenolic OH excluding ortho intramolecular Hbond substituents is 2. The van der Waals surface area contributed by atoms with Crippen molar-refractivity contribution in [3.8, 4) is 17.2 Å². The van der Waals surface area contributed by atoms with Crippen molar-refractivity contribution in [3.05, 3.63) is 53.6 Å². The van der Waals surface area contributed by atoms with Crippen molar-refractivity contribution in [2.45, 2.75) is 13.8 Å². The Kier molecular flexibility index (Phi) is 5.19. The van der Waals surface area contributed by atoms with E-state index in [2.05, 4.69) is 10.5 Å². The summed E-state index contributed by atoms with van der Waals surface area (Å²) < 4.78 is 5.31. The molecular weight excluding hydrogens is 296 g/mol. The first-order valence-corrected chi connectivity index (χ1v) is 7.11. The molecule has 0 radical (unpaired) electrons. The van der Waals surface area contributed by atoms with Crippen LogP contribution in [0, 0.1) is 0 Å². The van der Waals surface area contributed by atoms with Crippen LogP contribution in [0.5, 0.6) is 17.2 Å². The van der Waals surface area contributed by atoms with E-state index in [0.717, 1.165) is 0 Å². The molecule has 23 heavy (non-hydrogen) atoms. The molecule has 0 spiro atoms. The van der Waals surface area contributed by atoms with Crippen LogP contribution in [-0.4, -0.2) is 28.4 Å². The predicted molar refractivity (Wildman–Crippen MR) is 87.1 cm³/mol. The number of carbonyl (C=O) groups is 1. The Morgan fingerprint density at radius 2 is 1.87 bits per heavy atom. The highest BCUT2D eigenvalue weighted by molar-refractivity contribution is 6.02. The van der Waals surface area contributed by atoms with Crippen LogP contribution in [0.2, 0.25) is 0 Å². The Morgan fingerprint density at radius 3 is 2.48 bits per heavy atom. The summed E-state index contributed by atoms with van der Waals surface area (Å²) in [4.78, 5) is 12.0. The molecule has 120 valence electrons. The van der Waals surface area contributed by atoms with E-state index < -0.39 is 0 Å². The number of carbonyl (C=O) groups excluding carboxylic acids is 1. The third kappa shape index (κ3) is 4.23. The third-order valence-electron chi connectivity index (χ3n) is 3.12. The molecule has 2 aromatic rings. The van der Waals surface area contributed by atoms with Gasteiger partial charge in [-0.2, -0.15) is 5.10 Å². The normalized spacial score (nSPS) is 11.1. The van der Waals surface area contributed by atoms with Gasteiger partial charge in [0.1, 0.15) is 17.2 Å². The second kappa shape index (κ2) is 7.31. The molecule has 0 saturated heterocycles. The second-order valence-electron chi connectivity index (χ2n) is 4.80. The standard InChI is InChI=1S/C17H18N2O4/c1-3-23-14-7-4-12(5-8-14)17(22)19-18-11(2)15-9-6-13(20)10-16(15)21/h4-10,20-21H,3H2,1-2H3,(H,19,22)/b18-11-. The van der Waals surface area contributed by atoms with Gasteiger partial charge in [-0.15, -0.1) is 0 Å². The average molecular weight is 314 g/mol. The van der Waals surface area contributed by atoms with Crippen LogP contribution < -0.4 is 10.2 Å². The topological polar surface area (TPSA) is 91.2 Å². The van der Waals surface area contributed by atoms with E-state index in [9.17, 15) is 15.0 Å². The van der Waals surface area contributed by atoms with Crippen LogP contribution in [-0.2, 0) is 0 Å². The Morgan fingerprint density at radius 1 is 1.17 bits per heavy atom. The lowest BCUT2D eigenvalue weighted by atomic mass is 10.1. The maximum absolute atomic E-state index is 12.0. The summed E-state index contributed by atoms with van der Waals surface area (Å²) in [5.41, 5.74) is 3.71. The van der Waals surface area contributed by atoms with Crippen LogP contribution in [0.15, 0.2) is 47.6 Å². The fraction of sp³-hybridized carbons (Fsp3) is 0.176. The van der Waals surface area contributed by atoms with Gasteiger partial charge >= 0.3 is 0 Å². The van der Waals surface area contributed by atoms with Crippen molar-refractivity contribution in [1.82, 2.24) is 5.43 Å². The van der Waals surface area contributed by atoms with Gasteiger partial charge in [0, 0.05) is 17.2 Å². The number of nitrogens with zero attached hydrogens (tertiary/aromatic N) is 1. The number of ether oxygens (including phenoxy) is 1. The second-order valence-corrected chi connectivity index (χ2v) is 4.80. The first kappa shape index (κ1) is 16.4. The van der Waals surface area contributed by atoms with Crippen molar-refractivity contribution in [2.75, 3.05) is 6.61 Å². The predicted octanol–water partition coefficient (Wildman–Crippen LogP) is 2.65. The Balaban J connectivity index is 2.07. The van der Waals surface area contributed by atoms with Crippen LogP contribution in [0.25, 0.3) is 0 Å². The van der Waals surface area contributed by atoms with E-state index in [4.69, 9.17) is 4.74 Å².